The quantitative estimate of drug-likeness (QED) is 0.761. The van der Waals surface area contributed by atoms with Gasteiger partial charge in [0.1, 0.15) is 16.2 Å². The highest BCUT2D eigenvalue weighted by Crippen LogP contribution is 2.38. The smallest absolute Gasteiger partial charge is 0.138 e. The molecule has 1 atom stereocenters. The minimum atomic E-state index is 0.319. The number of hydrogen-bond acceptors (Lipinski definition) is 3. The monoisotopic (exact) mass is 331 g/mol. The van der Waals surface area contributed by atoms with Gasteiger partial charge < -0.3 is 4.90 Å². The fraction of sp³-hybridized carbons (Fsp3) is 0.375. The van der Waals surface area contributed by atoms with Crippen LogP contribution in [0.2, 0.25) is 0 Å². The lowest BCUT2D eigenvalue weighted by molar-refractivity contribution is 0.725. The first-order valence-electron chi connectivity index (χ1n) is 6.98. The van der Waals surface area contributed by atoms with Crippen LogP contribution in [-0.2, 0) is 6.42 Å². The number of rotatable bonds is 2. The van der Waals surface area contributed by atoms with Gasteiger partial charge in [-0.25, -0.2) is 9.97 Å². The second-order valence-corrected chi connectivity index (χ2v) is 6.43. The summed E-state index contributed by atoms with van der Waals surface area (Å²) in [6, 6.07) is 11.0. The van der Waals surface area contributed by atoms with E-state index >= 15 is 0 Å². The number of benzene rings is 1. The topological polar surface area (TPSA) is 29.0 Å². The van der Waals surface area contributed by atoms with E-state index in [2.05, 4.69) is 70.9 Å². The molecule has 0 N–H and O–H groups in total. The first-order chi connectivity index (χ1) is 9.56. The van der Waals surface area contributed by atoms with Crippen LogP contribution in [0.1, 0.15) is 38.1 Å². The molecular weight excluding hydrogens is 314 g/mol. The SMILES string of the molecule is CC(C)c1nc(Br)cc(N2c3ccccc3CC2C)n1. The molecule has 3 nitrogen and oxygen atoms in total. The molecule has 4 heteroatoms. The number of halogens is 1. The molecule has 0 fully saturated rings. The van der Waals surface area contributed by atoms with E-state index in [0.717, 1.165) is 22.7 Å². The Morgan fingerprint density at radius 3 is 2.75 bits per heavy atom. The van der Waals surface area contributed by atoms with Crippen molar-refractivity contribution in [3.8, 4) is 0 Å². The van der Waals surface area contributed by atoms with Gasteiger partial charge in [-0.2, -0.15) is 0 Å². The summed E-state index contributed by atoms with van der Waals surface area (Å²) < 4.78 is 0.850. The molecule has 0 radical (unpaired) electrons. The molecule has 2 aromatic rings. The Balaban J connectivity index is 2.09. The predicted molar refractivity (Wildman–Crippen MR) is 85.6 cm³/mol. The first-order valence-corrected chi connectivity index (χ1v) is 7.77. The summed E-state index contributed by atoms with van der Waals surface area (Å²) in [6.45, 7) is 6.48. The van der Waals surface area contributed by atoms with Gasteiger partial charge in [0.2, 0.25) is 0 Å². The van der Waals surface area contributed by atoms with Gasteiger partial charge in [-0.1, -0.05) is 32.0 Å². The standard InChI is InChI=1S/C16H18BrN3/c1-10(2)16-18-14(17)9-15(19-16)20-11(3)8-12-6-4-5-7-13(12)20/h4-7,9-11H,8H2,1-3H3. The van der Waals surface area contributed by atoms with Crippen LogP contribution in [0.5, 0.6) is 0 Å². The average Bonchev–Trinajstić information content (AvgIpc) is 2.73. The molecule has 104 valence electrons. The molecule has 0 saturated heterocycles. The predicted octanol–water partition coefficient (Wildman–Crippen LogP) is 4.45. The third-order valence-electron chi connectivity index (χ3n) is 3.67. The molecule has 0 spiro atoms. The van der Waals surface area contributed by atoms with Crippen LogP contribution in [0.4, 0.5) is 11.5 Å². The Hall–Kier alpha value is -1.42. The highest BCUT2D eigenvalue weighted by Gasteiger charge is 2.28. The van der Waals surface area contributed by atoms with E-state index in [1.165, 1.54) is 11.3 Å². The van der Waals surface area contributed by atoms with Crippen molar-refractivity contribution in [3.05, 3.63) is 46.3 Å². The van der Waals surface area contributed by atoms with Gasteiger partial charge in [-0.15, -0.1) is 0 Å². The summed E-state index contributed by atoms with van der Waals surface area (Å²) in [4.78, 5) is 11.5. The highest BCUT2D eigenvalue weighted by molar-refractivity contribution is 9.10. The van der Waals surface area contributed by atoms with Crippen molar-refractivity contribution in [1.82, 2.24) is 9.97 Å². The van der Waals surface area contributed by atoms with Gasteiger partial charge >= 0.3 is 0 Å². The van der Waals surface area contributed by atoms with Crippen molar-refractivity contribution in [3.63, 3.8) is 0 Å². The molecule has 2 heterocycles. The number of fused-ring (bicyclic) bond motifs is 1. The maximum Gasteiger partial charge on any atom is 0.138 e. The molecule has 0 bridgehead atoms. The van der Waals surface area contributed by atoms with Crippen molar-refractivity contribution in [1.29, 1.82) is 0 Å². The van der Waals surface area contributed by atoms with Crippen LogP contribution in [0.15, 0.2) is 34.9 Å². The Kier molecular flexibility index (Phi) is 3.50. The van der Waals surface area contributed by atoms with Crippen LogP contribution in [-0.4, -0.2) is 16.0 Å². The minimum Gasteiger partial charge on any atom is -0.323 e. The molecule has 1 aliphatic rings. The number of para-hydroxylation sites is 1. The second kappa shape index (κ2) is 5.17. The van der Waals surface area contributed by atoms with Gasteiger partial charge in [0.25, 0.3) is 0 Å². The molecule has 1 aromatic heterocycles. The summed E-state index contributed by atoms with van der Waals surface area (Å²) in [5, 5.41) is 0. The Morgan fingerprint density at radius 1 is 1.25 bits per heavy atom. The lowest BCUT2D eigenvalue weighted by Gasteiger charge is -2.24. The Morgan fingerprint density at radius 2 is 2.00 bits per heavy atom. The Labute approximate surface area is 128 Å². The summed E-state index contributed by atoms with van der Waals surface area (Å²) >= 11 is 3.51. The maximum atomic E-state index is 4.75. The van der Waals surface area contributed by atoms with Gasteiger partial charge in [-0.3, -0.25) is 0 Å². The Bertz CT molecular complexity index is 639. The number of nitrogens with zero attached hydrogens (tertiary/aromatic N) is 3. The zero-order valence-corrected chi connectivity index (χ0v) is 13.6. The van der Waals surface area contributed by atoms with Crippen LogP contribution in [0, 0.1) is 0 Å². The summed E-state index contributed by atoms with van der Waals surface area (Å²) in [7, 11) is 0. The van der Waals surface area contributed by atoms with Crippen molar-refractivity contribution in [2.45, 2.75) is 39.2 Å². The van der Waals surface area contributed by atoms with E-state index in [1.807, 2.05) is 6.07 Å². The number of hydrogen-bond donors (Lipinski definition) is 0. The van der Waals surface area contributed by atoms with E-state index in [4.69, 9.17) is 4.98 Å². The molecule has 3 rings (SSSR count). The van der Waals surface area contributed by atoms with Crippen LogP contribution < -0.4 is 4.90 Å². The zero-order chi connectivity index (χ0) is 14.3. The van der Waals surface area contributed by atoms with Crippen molar-refractivity contribution in [2.75, 3.05) is 4.90 Å². The third kappa shape index (κ3) is 2.33. The first kappa shape index (κ1) is 13.6. The van der Waals surface area contributed by atoms with E-state index in [1.54, 1.807) is 0 Å². The highest BCUT2D eigenvalue weighted by atomic mass is 79.9. The molecule has 1 unspecified atom stereocenters. The van der Waals surface area contributed by atoms with Gasteiger partial charge in [-0.05, 0) is 40.9 Å². The van der Waals surface area contributed by atoms with Gasteiger partial charge in [0.05, 0.1) is 0 Å². The van der Waals surface area contributed by atoms with Gasteiger partial charge in [0.15, 0.2) is 0 Å². The molecular formula is C16H18BrN3. The molecule has 20 heavy (non-hydrogen) atoms. The maximum absolute atomic E-state index is 4.75. The lowest BCUT2D eigenvalue weighted by atomic mass is 10.1. The van der Waals surface area contributed by atoms with E-state index in [9.17, 15) is 0 Å². The molecule has 0 aliphatic carbocycles. The lowest BCUT2D eigenvalue weighted by Crippen LogP contribution is -2.25. The van der Waals surface area contributed by atoms with Crippen molar-refractivity contribution in [2.24, 2.45) is 0 Å². The van der Waals surface area contributed by atoms with Crippen molar-refractivity contribution < 1.29 is 0 Å². The largest absolute Gasteiger partial charge is 0.323 e. The third-order valence-corrected chi connectivity index (χ3v) is 4.08. The summed E-state index contributed by atoms with van der Waals surface area (Å²) in [5.74, 6) is 2.18. The number of aromatic nitrogens is 2. The fourth-order valence-electron chi connectivity index (χ4n) is 2.72. The molecule has 1 aliphatic heterocycles. The normalized spacial score (nSPS) is 17.6. The van der Waals surface area contributed by atoms with E-state index in [-0.39, 0.29) is 0 Å². The fourth-order valence-corrected chi connectivity index (χ4v) is 3.11. The van der Waals surface area contributed by atoms with E-state index in [0.29, 0.717) is 12.0 Å². The summed E-state index contributed by atoms with van der Waals surface area (Å²) in [5.41, 5.74) is 2.65. The van der Waals surface area contributed by atoms with Crippen LogP contribution in [0.25, 0.3) is 0 Å². The van der Waals surface area contributed by atoms with Crippen LogP contribution >= 0.6 is 15.9 Å². The zero-order valence-electron chi connectivity index (χ0n) is 12.0. The molecule has 0 amide bonds. The van der Waals surface area contributed by atoms with E-state index < -0.39 is 0 Å². The number of anilines is 2. The molecule has 1 aromatic carbocycles. The minimum absolute atomic E-state index is 0.319. The van der Waals surface area contributed by atoms with Gasteiger partial charge in [0, 0.05) is 23.7 Å². The summed E-state index contributed by atoms with van der Waals surface area (Å²) in [6.07, 6.45) is 1.06. The van der Waals surface area contributed by atoms with Crippen molar-refractivity contribution >= 4 is 27.4 Å². The second-order valence-electron chi connectivity index (χ2n) is 5.61. The average molecular weight is 332 g/mol. The van der Waals surface area contributed by atoms with Crippen LogP contribution in [0.3, 0.4) is 0 Å². The molecule has 0 saturated carbocycles.